The molecule has 1 fully saturated rings. The summed E-state index contributed by atoms with van der Waals surface area (Å²) < 4.78 is 0. The van der Waals surface area contributed by atoms with Gasteiger partial charge in [-0.05, 0) is 25.7 Å². The molecule has 0 radical (unpaired) electrons. The third-order valence-corrected chi connectivity index (χ3v) is 3.63. The first-order valence-electron chi connectivity index (χ1n) is 6.70. The zero-order valence-electron chi connectivity index (χ0n) is 11.4. The van der Waals surface area contributed by atoms with E-state index in [1.54, 1.807) is 0 Å². The Bertz CT molecular complexity index is 213. The quantitative estimate of drug-likeness (QED) is 0.722. The van der Waals surface area contributed by atoms with Crippen LogP contribution in [0.4, 0.5) is 0 Å². The second-order valence-electron chi connectivity index (χ2n) is 5.47. The maximum Gasteiger partial charge on any atom is 0.0251 e. The Kier molecular flexibility index (Phi) is 5.50. The predicted octanol–water partition coefficient (Wildman–Crippen LogP) is 2.66. The van der Waals surface area contributed by atoms with Gasteiger partial charge in [-0.2, -0.15) is 0 Å². The smallest absolute Gasteiger partial charge is 0.0251 e. The van der Waals surface area contributed by atoms with E-state index in [0.29, 0.717) is 18.1 Å². The molecule has 1 aliphatic rings. The number of hydrogen-bond acceptors (Lipinski definition) is 2. The van der Waals surface area contributed by atoms with Crippen LogP contribution in [0, 0.1) is 5.92 Å². The lowest BCUT2D eigenvalue weighted by Crippen LogP contribution is -2.58. The van der Waals surface area contributed by atoms with Gasteiger partial charge >= 0.3 is 0 Å². The highest BCUT2D eigenvalue weighted by Crippen LogP contribution is 2.18. The summed E-state index contributed by atoms with van der Waals surface area (Å²) in [6, 6.07) is 1.84. The summed E-state index contributed by atoms with van der Waals surface area (Å²) in [4.78, 5) is 2.61. The summed E-state index contributed by atoms with van der Waals surface area (Å²) in [5, 5.41) is 3.68. The lowest BCUT2D eigenvalue weighted by Gasteiger charge is -2.43. The Balaban J connectivity index is 2.57. The van der Waals surface area contributed by atoms with Gasteiger partial charge < -0.3 is 5.32 Å². The van der Waals surface area contributed by atoms with Crippen LogP contribution in [-0.2, 0) is 0 Å². The lowest BCUT2D eigenvalue weighted by atomic mass is 9.97. The molecule has 16 heavy (non-hydrogen) atoms. The maximum absolute atomic E-state index is 3.93. The Morgan fingerprint density at radius 3 is 2.62 bits per heavy atom. The molecular formula is C14H28N2. The Hall–Kier alpha value is -0.340. The standard InChI is InChI=1S/C14H28N2/c1-6-12(5)16-10-13(8-11(3)4)15-9-14(16)7-2/h6,11-15H,1,7-10H2,2-5H3. The van der Waals surface area contributed by atoms with Crippen molar-refractivity contribution in [3.05, 3.63) is 12.7 Å². The highest BCUT2D eigenvalue weighted by molar-refractivity contribution is 4.94. The maximum atomic E-state index is 3.93. The van der Waals surface area contributed by atoms with E-state index < -0.39 is 0 Å². The summed E-state index contributed by atoms with van der Waals surface area (Å²) in [5.41, 5.74) is 0. The van der Waals surface area contributed by atoms with Gasteiger partial charge in [-0.25, -0.2) is 0 Å². The van der Waals surface area contributed by atoms with Gasteiger partial charge in [-0.3, -0.25) is 4.90 Å². The Morgan fingerprint density at radius 2 is 2.12 bits per heavy atom. The van der Waals surface area contributed by atoms with Crippen molar-refractivity contribution in [2.45, 2.75) is 58.7 Å². The van der Waals surface area contributed by atoms with Crippen LogP contribution >= 0.6 is 0 Å². The second kappa shape index (κ2) is 6.41. The fraction of sp³-hybridized carbons (Fsp3) is 0.857. The molecule has 1 aliphatic heterocycles. The van der Waals surface area contributed by atoms with E-state index in [0.717, 1.165) is 12.5 Å². The van der Waals surface area contributed by atoms with E-state index in [1.807, 2.05) is 0 Å². The van der Waals surface area contributed by atoms with Crippen LogP contribution < -0.4 is 5.32 Å². The zero-order valence-corrected chi connectivity index (χ0v) is 11.4. The summed E-state index contributed by atoms with van der Waals surface area (Å²) in [5.74, 6) is 0.775. The highest BCUT2D eigenvalue weighted by Gasteiger charge is 2.28. The molecule has 0 spiro atoms. The molecule has 0 aromatic carbocycles. The zero-order chi connectivity index (χ0) is 12.1. The van der Waals surface area contributed by atoms with Gasteiger partial charge in [0.2, 0.25) is 0 Å². The average Bonchev–Trinajstić information content (AvgIpc) is 2.27. The number of rotatable bonds is 5. The molecule has 0 bridgehead atoms. The topological polar surface area (TPSA) is 15.3 Å². The third-order valence-electron chi connectivity index (χ3n) is 3.63. The molecule has 0 aliphatic carbocycles. The molecular weight excluding hydrogens is 196 g/mol. The minimum Gasteiger partial charge on any atom is -0.311 e. The molecule has 1 rings (SSSR count). The van der Waals surface area contributed by atoms with Gasteiger partial charge in [0.1, 0.15) is 0 Å². The van der Waals surface area contributed by atoms with Crippen LogP contribution in [0.3, 0.4) is 0 Å². The molecule has 0 aromatic heterocycles. The fourth-order valence-electron chi connectivity index (χ4n) is 2.63. The monoisotopic (exact) mass is 224 g/mol. The number of piperazine rings is 1. The predicted molar refractivity (Wildman–Crippen MR) is 71.7 cm³/mol. The van der Waals surface area contributed by atoms with Gasteiger partial charge in [0.05, 0.1) is 0 Å². The first-order chi connectivity index (χ1) is 7.58. The fourth-order valence-corrected chi connectivity index (χ4v) is 2.63. The van der Waals surface area contributed by atoms with Crippen LogP contribution in [0.15, 0.2) is 12.7 Å². The average molecular weight is 224 g/mol. The van der Waals surface area contributed by atoms with Gasteiger partial charge in [0.25, 0.3) is 0 Å². The van der Waals surface area contributed by atoms with E-state index in [2.05, 4.69) is 50.6 Å². The second-order valence-corrected chi connectivity index (χ2v) is 5.47. The molecule has 2 heteroatoms. The third kappa shape index (κ3) is 3.60. The largest absolute Gasteiger partial charge is 0.311 e. The van der Waals surface area contributed by atoms with Crippen LogP contribution in [0.25, 0.3) is 0 Å². The molecule has 3 atom stereocenters. The molecule has 0 amide bonds. The summed E-state index contributed by atoms with van der Waals surface area (Å²) in [7, 11) is 0. The molecule has 3 unspecified atom stereocenters. The summed E-state index contributed by atoms with van der Waals surface area (Å²) in [6.07, 6.45) is 4.57. The first-order valence-corrected chi connectivity index (χ1v) is 6.70. The summed E-state index contributed by atoms with van der Waals surface area (Å²) >= 11 is 0. The van der Waals surface area contributed by atoms with Crippen molar-refractivity contribution in [2.75, 3.05) is 13.1 Å². The first kappa shape index (κ1) is 13.7. The van der Waals surface area contributed by atoms with Crippen molar-refractivity contribution in [1.82, 2.24) is 10.2 Å². The van der Waals surface area contributed by atoms with Crippen LogP contribution in [0.5, 0.6) is 0 Å². The van der Waals surface area contributed by atoms with Crippen molar-refractivity contribution < 1.29 is 0 Å². The van der Waals surface area contributed by atoms with E-state index in [9.17, 15) is 0 Å². The minimum absolute atomic E-state index is 0.502. The van der Waals surface area contributed by atoms with Gasteiger partial charge in [-0.15, -0.1) is 6.58 Å². The molecule has 0 saturated carbocycles. The molecule has 94 valence electrons. The van der Waals surface area contributed by atoms with Crippen molar-refractivity contribution in [1.29, 1.82) is 0 Å². The number of hydrogen-bond donors (Lipinski definition) is 1. The Morgan fingerprint density at radius 1 is 1.44 bits per heavy atom. The van der Waals surface area contributed by atoms with Crippen molar-refractivity contribution in [2.24, 2.45) is 5.92 Å². The normalized spacial score (nSPS) is 29.3. The van der Waals surface area contributed by atoms with E-state index >= 15 is 0 Å². The number of nitrogens with one attached hydrogen (secondary N) is 1. The SMILES string of the molecule is C=CC(C)N1CC(CC(C)C)NCC1CC. The molecule has 1 heterocycles. The van der Waals surface area contributed by atoms with Gasteiger partial charge in [0, 0.05) is 31.2 Å². The Labute approximate surface area is 101 Å². The highest BCUT2D eigenvalue weighted by atomic mass is 15.2. The molecule has 1 N–H and O–H groups in total. The van der Waals surface area contributed by atoms with Crippen LogP contribution in [0.2, 0.25) is 0 Å². The van der Waals surface area contributed by atoms with Crippen molar-refractivity contribution >= 4 is 0 Å². The van der Waals surface area contributed by atoms with Gasteiger partial charge in [0.15, 0.2) is 0 Å². The summed E-state index contributed by atoms with van der Waals surface area (Å²) in [6.45, 7) is 15.4. The van der Waals surface area contributed by atoms with Gasteiger partial charge in [-0.1, -0.05) is 26.8 Å². The lowest BCUT2D eigenvalue weighted by molar-refractivity contribution is 0.0987. The van der Waals surface area contributed by atoms with Crippen molar-refractivity contribution in [3.8, 4) is 0 Å². The minimum atomic E-state index is 0.502. The molecule has 2 nitrogen and oxygen atoms in total. The van der Waals surface area contributed by atoms with Crippen molar-refractivity contribution in [3.63, 3.8) is 0 Å². The van der Waals surface area contributed by atoms with Crippen LogP contribution in [0.1, 0.15) is 40.5 Å². The van der Waals surface area contributed by atoms with E-state index in [1.165, 1.54) is 19.4 Å². The molecule has 1 saturated heterocycles. The van der Waals surface area contributed by atoms with E-state index in [-0.39, 0.29) is 0 Å². The molecule has 0 aromatic rings. The van der Waals surface area contributed by atoms with Crippen LogP contribution in [-0.4, -0.2) is 36.1 Å². The van der Waals surface area contributed by atoms with E-state index in [4.69, 9.17) is 0 Å². The number of nitrogens with zero attached hydrogens (tertiary/aromatic N) is 1.